The SMILES string of the molecule is CCCC1CCN(S(=O)(=O)N(C)CCCNC)C1. The summed E-state index contributed by atoms with van der Waals surface area (Å²) in [5.41, 5.74) is 0. The normalized spacial score (nSPS) is 21.9. The van der Waals surface area contributed by atoms with Crippen LogP contribution in [-0.2, 0) is 10.2 Å². The van der Waals surface area contributed by atoms with E-state index < -0.39 is 10.2 Å². The molecule has 0 aromatic heterocycles. The maximum atomic E-state index is 12.3. The van der Waals surface area contributed by atoms with Gasteiger partial charge in [0.05, 0.1) is 0 Å². The molecule has 1 unspecified atom stereocenters. The largest absolute Gasteiger partial charge is 0.320 e. The fourth-order valence-electron chi connectivity index (χ4n) is 2.44. The molecule has 1 saturated heterocycles. The van der Waals surface area contributed by atoms with Crippen molar-refractivity contribution in [3.05, 3.63) is 0 Å². The Morgan fingerprint density at radius 1 is 1.44 bits per heavy atom. The van der Waals surface area contributed by atoms with Crippen LogP contribution in [0.1, 0.15) is 32.6 Å². The van der Waals surface area contributed by atoms with Crippen LogP contribution in [0.3, 0.4) is 0 Å². The molecular formula is C12H27N3O2S. The molecule has 0 spiro atoms. The van der Waals surface area contributed by atoms with Crippen LogP contribution >= 0.6 is 0 Å². The average molecular weight is 277 g/mol. The van der Waals surface area contributed by atoms with Crippen molar-refractivity contribution in [3.63, 3.8) is 0 Å². The van der Waals surface area contributed by atoms with Crippen molar-refractivity contribution in [3.8, 4) is 0 Å². The Kier molecular flexibility index (Phi) is 6.55. The van der Waals surface area contributed by atoms with Crippen LogP contribution in [0.2, 0.25) is 0 Å². The van der Waals surface area contributed by atoms with Gasteiger partial charge < -0.3 is 5.32 Å². The molecular weight excluding hydrogens is 250 g/mol. The third-order valence-electron chi connectivity index (χ3n) is 3.57. The van der Waals surface area contributed by atoms with Crippen molar-refractivity contribution in [2.45, 2.75) is 32.6 Å². The minimum atomic E-state index is -3.23. The maximum Gasteiger partial charge on any atom is 0.281 e. The van der Waals surface area contributed by atoms with Crippen molar-refractivity contribution < 1.29 is 8.42 Å². The topological polar surface area (TPSA) is 52.7 Å². The molecule has 1 aliphatic heterocycles. The second-order valence-corrected chi connectivity index (χ2v) is 7.12. The van der Waals surface area contributed by atoms with E-state index in [1.807, 2.05) is 7.05 Å². The Bertz CT molecular complexity index is 332. The van der Waals surface area contributed by atoms with E-state index in [0.29, 0.717) is 25.6 Å². The molecule has 0 amide bonds. The van der Waals surface area contributed by atoms with E-state index in [9.17, 15) is 8.42 Å². The summed E-state index contributed by atoms with van der Waals surface area (Å²) >= 11 is 0. The lowest BCUT2D eigenvalue weighted by Gasteiger charge is -2.24. The van der Waals surface area contributed by atoms with Crippen molar-refractivity contribution in [1.29, 1.82) is 0 Å². The highest BCUT2D eigenvalue weighted by atomic mass is 32.2. The van der Waals surface area contributed by atoms with Crippen LogP contribution in [-0.4, -0.2) is 57.3 Å². The van der Waals surface area contributed by atoms with Crippen molar-refractivity contribution in [2.75, 3.05) is 40.3 Å². The number of hydrogen-bond donors (Lipinski definition) is 1. The molecule has 1 fully saturated rings. The smallest absolute Gasteiger partial charge is 0.281 e. The van der Waals surface area contributed by atoms with Gasteiger partial charge in [-0.15, -0.1) is 0 Å². The van der Waals surface area contributed by atoms with Crippen molar-refractivity contribution in [2.24, 2.45) is 5.92 Å². The molecule has 0 aromatic rings. The summed E-state index contributed by atoms with van der Waals surface area (Å²) in [6.07, 6.45) is 4.13. The van der Waals surface area contributed by atoms with Gasteiger partial charge in [0, 0.05) is 26.7 Å². The predicted octanol–water partition coefficient (Wildman–Crippen LogP) is 0.895. The van der Waals surface area contributed by atoms with E-state index in [2.05, 4.69) is 12.2 Å². The first-order chi connectivity index (χ1) is 8.52. The second-order valence-electron chi connectivity index (χ2n) is 5.09. The quantitative estimate of drug-likeness (QED) is 0.671. The first kappa shape index (κ1) is 15.9. The zero-order valence-corrected chi connectivity index (χ0v) is 12.7. The summed E-state index contributed by atoms with van der Waals surface area (Å²) in [5, 5.41) is 3.03. The van der Waals surface area contributed by atoms with Gasteiger partial charge in [-0.1, -0.05) is 13.3 Å². The molecule has 6 heteroatoms. The summed E-state index contributed by atoms with van der Waals surface area (Å²) in [6, 6.07) is 0. The predicted molar refractivity (Wildman–Crippen MR) is 74.7 cm³/mol. The van der Waals surface area contributed by atoms with Gasteiger partial charge in [0.15, 0.2) is 0 Å². The van der Waals surface area contributed by atoms with Gasteiger partial charge in [-0.3, -0.25) is 0 Å². The number of hydrogen-bond acceptors (Lipinski definition) is 3. The molecule has 108 valence electrons. The van der Waals surface area contributed by atoms with E-state index in [1.54, 1.807) is 11.4 Å². The minimum Gasteiger partial charge on any atom is -0.320 e. The number of nitrogens with zero attached hydrogens (tertiary/aromatic N) is 2. The highest BCUT2D eigenvalue weighted by Crippen LogP contribution is 2.24. The Labute approximate surface area is 112 Å². The maximum absolute atomic E-state index is 12.3. The summed E-state index contributed by atoms with van der Waals surface area (Å²) < 4.78 is 27.7. The molecule has 0 aromatic carbocycles. The Hall–Kier alpha value is -0.170. The molecule has 1 heterocycles. The highest BCUT2D eigenvalue weighted by molar-refractivity contribution is 7.86. The monoisotopic (exact) mass is 277 g/mol. The number of nitrogens with one attached hydrogen (secondary N) is 1. The van der Waals surface area contributed by atoms with Crippen molar-refractivity contribution in [1.82, 2.24) is 13.9 Å². The average Bonchev–Trinajstić information content (AvgIpc) is 2.79. The van der Waals surface area contributed by atoms with Gasteiger partial charge in [0.1, 0.15) is 0 Å². The van der Waals surface area contributed by atoms with Crippen LogP contribution < -0.4 is 5.32 Å². The summed E-state index contributed by atoms with van der Waals surface area (Å²) in [4.78, 5) is 0. The number of rotatable bonds is 8. The Balaban J connectivity index is 2.48. The lowest BCUT2D eigenvalue weighted by molar-refractivity contribution is 0.380. The summed E-state index contributed by atoms with van der Waals surface area (Å²) in [6.45, 7) is 4.97. The summed E-state index contributed by atoms with van der Waals surface area (Å²) in [7, 11) is 0.326. The van der Waals surface area contributed by atoms with Crippen LogP contribution in [0.15, 0.2) is 0 Å². The van der Waals surface area contributed by atoms with Gasteiger partial charge >= 0.3 is 0 Å². The van der Waals surface area contributed by atoms with Gasteiger partial charge in [-0.25, -0.2) is 0 Å². The van der Waals surface area contributed by atoms with Gasteiger partial charge in [-0.05, 0) is 38.8 Å². The molecule has 1 aliphatic rings. The summed E-state index contributed by atoms with van der Waals surface area (Å²) in [5.74, 6) is 0.551. The molecule has 0 radical (unpaired) electrons. The lowest BCUT2D eigenvalue weighted by atomic mass is 10.0. The van der Waals surface area contributed by atoms with Crippen LogP contribution in [0.4, 0.5) is 0 Å². The van der Waals surface area contributed by atoms with Crippen molar-refractivity contribution >= 4 is 10.2 Å². The third-order valence-corrected chi connectivity index (χ3v) is 5.52. The zero-order chi connectivity index (χ0) is 13.6. The standard InChI is InChI=1S/C12H27N3O2S/c1-4-6-12-7-10-15(11-12)18(16,17)14(3)9-5-8-13-2/h12-13H,4-11H2,1-3H3. The molecule has 0 bridgehead atoms. The van der Waals surface area contributed by atoms with Crippen LogP contribution in [0.5, 0.6) is 0 Å². The molecule has 5 nitrogen and oxygen atoms in total. The molecule has 0 aliphatic carbocycles. The third kappa shape index (κ3) is 4.19. The van der Waals surface area contributed by atoms with Crippen LogP contribution in [0.25, 0.3) is 0 Å². The fourth-order valence-corrected chi connectivity index (χ4v) is 3.93. The zero-order valence-electron chi connectivity index (χ0n) is 11.9. The van der Waals surface area contributed by atoms with Gasteiger partial charge in [-0.2, -0.15) is 17.0 Å². The molecule has 18 heavy (non-hydrogen) atoms. The van der Waals surface area contributed by atoms with E-state index in [0.717, 1.165) is 32.2 Å². The Morgan fingerprint density at radius 2 is 2.17 bits per heavy atom. The van der Waals surface area contributed by atoms with E-state index in [-0.39, 0.29) is 0 Å². The minimum absolute atomic E-state index is 0.551. The molecule has 1 rings (SSSR count). The second kappa shape index (κ2) is 7.43. The first-order valence-corrected chi connectivity index (χ1v) is 8.28. The molecule has 1 atom stereocenters. The lowest BCUT2D eigenvalue weighted by Crippen LogP contribution is -2.41. The first-order valence-electron chi connectivity index (χ1n) is 6.88. The molecule has 1 N–H and O–H groups in total. The highest BCUT2D eigenvalue weighted by Gasteiger charge is 2.33. The fraction of sp³-hybridized carbons (Fsp3) is 1.00. The van der Waals surface area contributed by atoms with E-state index in [1.165, 1.54) is 4.31 Å². The Morgan fingerprint density at radius 3 is 2.78 bits per heavy atom. The van der Waals surface area contributed by atoms with E-state index >= 15 is 0 Å². The molecule has 0 saturated carbocycles. The van der Waals surface area contributed by atoms with E-state index in [4.69, 9.17) is 0 Å². The van der Waals surface area contributed by atoms with Gasteiger partial charge in [0.2, 0.25) is 0 Å². The van der Waals surface area contributed by atoms with Gasteiger partial charge in [0.25, 0.3) is 10.2 Å². The van der Waals surface area contributed by atoms with Crippen LogP contribution in [0, 0.1) is 5.92 Å².